The Hall–Kier alpha value is -0.510. The van der Waals surface area contributed by atoms with Crippen molar-refractivity contribution in [3.63, 3.8) is 0 Å². The highest BCUT2D eigenvalue weighted by Gasteiger charge is 2.07. The zero-order chi connectivity index (χ0) is 10.6. The molecular formula is C9H10Cl2FNO. The lowest BCUT2D eigenvalue weighted by atomic mass is 10.3. The Kier molecular flexibility index (Phi) is 4.45. The minimum atomic E-state index is -0.699. The highest BCUT2D eigenvalue weighted by atomic mass is 35.5. The molecule has 0 aromatic heterocycles. The van der Waals surface area contributed by atoms with Crippen molar-refractivity contribution in [2.24, 2.45) is 0 Å². The van der Waals surface area contributed by atoms with E-state index < -0.39 is 11.9 Å². The second-order valence-corrected chi connectivity index (χ2v) is 3.51. The average Bonchev–Trinajstić information content (AvgIpc) is 2.20. The average molecular weight is 238 g/mol. The number of anilines is 1. The monoisotopic (exact) mass is 237 g/mol. The predicted octanol–water partition coefficient (Wildman–Crippen LogP) is 2.49. The lowest BCUT2D eigenvalue weighted by Gasteiger charge is -2.10. The molecule has 2 N–H and O–H groups in total. The van der Waals surface area contributed by atoms with Crippen molar-refractivity contribution in [3.05, 3.63) is 29.0 Å². The Bertz CT molecular complexity index is 309. The van der Waals surface area contributed by atoms with Gasteiger partial charge in [-0.25, -0.2) is 4.39 Å². The first-order valence-electron chi connectivity index (χ1n) is 4.07. The van der Waals surface area contributed by atoms with Crippen molar-refractivity contribution in [2.75, 3.05) is 17.7 Å². The molecular weight excluding hydrogens is 228 g/mol. The van der Waals surface area contributed by atoms with Gasteiger partial charge in [0, 0.05) is 6.54 Å². The molecule has 0 spiro atoms. The van der Waals surface area contributed by atoms with E-state index in [0.717, 1.165) is 0 Å². The summed E-state index contributed by atoms with van der Waals surface area (Å²) < 4.78 is 13.2. The first-order chi connectivity index (χ1) is 6.65. The van der Waals surface area contributed by atoms with Crippen LogP contribution in [0.2, 0.25) is 5.02 Å². The van der Waals surface area contributed by atoms with Crippen molar-refractivity contribution < 1.29 is 9.50 Å². The summed E-state index contributed by atoms with van der Waals surface area (Å²) in [5.41, 5.74) is 0.265. The molecule has 14 heavy (non-hydrogen) atoms. The zero-order valence-electron chi connectivity index (χ0n) is 7.30. The van der Waals surface area contributed by atoms with Crippen molar-refractivity contribution in [1.82, 2.24) is 0 Å². The van der Waals surface area contributed by atoms with Crippen LogP contribution in [-0.4, -0.2) is 23.6 Å². The topological polar surface area (TPSA) is 32.3 Å². The Morgan fingerprint density at radius 1 is 1.50 bits per heavy atom. The summed E-state index contributed by atoms with van der Waals surface area (Å²) >= 11 is 10.9. The summed E-state index contributed by atoms with van der Waals surface area (Å²) in [6, 6.07) is 4.63. The molecule has 0 heterocycles. The van der Waals surface area contributed by atoms with E-state index in [0.29, 0.717) is 0 Å². The Morgan fingerprint density at radius 3 is 2.86 bits per heavy atom. The summed E-state index contributed by atoms with van der Waals surface area (Å²) in [7, 11) is 0. The first-order valence-corrected chi connectivity index (χ1v) is 4.98. The van der Waals surface area contributed by atoms with E-state index in [1.54, 1.807) is 12.1 Å². The minimum absolute atomic E-state index is 0.0513. The lowest BCUT2D eigenvalue weighted by Crippen LogP contribution is -2.21. The summed E-state index contributed by atoms with van der Waals surface area (Å²) in [5, 5.41) is 11.9. The van der Waals surface area contributed by atoms with Crippen LogP contribution in [0.4, 0.5) is 10.1 Å². The molecule has 0 saturated carbocycles. The molecule has 0 aliphatic rings. The number of hydrogen-bond donors (Lipinski definition) is 2. The maximum atomic E-state index is 13.2. The molecule has 1 rings (SSSR count). The molecule has 78 valence electrons. The number of alkyl halides is 1. The van der Waals surface area contributed by atoms with Crippen LogP contribution in [0.15, 0.2) is 18.2 Å². The van der Waals surface area contributed by atoms with Crippen molar-refractivity contribution in [3.8, 4) is 0 Å². The van der Waals surface area contributed by atoms with Crippen LogP contribution in [0.5, 0.6) is 0 Å². The van der Waals surface area contributed by atoms with Crippen LogP contribution in [0.3, 0.4) is 0 Å². The van der Waals surface area contributed by atoms with E-state index >= 15 is 0 Å². The molecule has 0 saturated heterocycles. The lowest BCUT2D eigenvalue weighted by molar-refractivity contribution is 0.211. The van der Waals surface area contributed by atoms with Crippen LogP contribution < -0.4 is 5.32 Å². The van der Waals surface area contributed by atoms with Crippen LogP contribution in [0, 0.1) is 5.82 Å². The molecule has 0 bridgehead atoms. The number of rotatable bonds is 4. The van der Waals surface area contributed by atoms with Gasteiger partial charge in [0.2, 0.25) is 0 Å². The van der Waals surface area contributed by atoms with E-state index in [-0.39, 0.29) is 23.1 Å². The Labute approximate surface area is 91.6 Å². The van der Waals surface area contributed by atoms with Gasteiger partial charge in [-0.2, -0.15) is 0 Å². The minimum Gasteiger partial charge on any atom is -0.390 e. The van der Waals surface area contributed by atoms with Gasteiger partial charge in [-0.3, -0.25) is 0 Å². The van der Waals surface area contributed by atoms with Crippen LogP contribution >= 0.6 is 23.2 Å². The SMILES string of the molecule is OC(CCl)CNc1cccc(Cl)c1F. The summed E-state index contributed by atoms with van der Waals surface area (Å²) in [6.07, 6.45) is -0.699. The van der Waals surface area contributed by atoms with Crippen LogP contribution in [-0.2, 0) is 0 Å². The van der Waals surface area contributed by atoms with E-state index in [9.17, 15) is 4.39 Å². The maximum Gasteiger partial charge on any atom is 0.164 e. The van der Waals surface area contributed by atoms with E-state index in [4.69, 9.17) is 28.3 Å². The largest absolute Gasteiger partial charge is 0.390 e. The standard InChI is InChI=1S/C9H10Cl2FNO/c10-4-6(14)5-13-8-3-1-2-7(11)9(8)12/h1-3,6,13-14H,4-5H2. The van der Waals surface area contributed by atoms with E-state index in [1.165, 1.54) is 6.07 Å². The second-order valence-electron chi connectivity index (χ2n) is 2.79. The van der Waals surface area contributed by atoms with Gasteiger partial charge in [0.25, 0.3) is 0 Å². The molecule has 0 amide bonds. The van der Waals surface area contributed by atoms with Crippen molar-refractivity contribution in [2.45, 2.75) is 6.10 Å². The predicted molar refractivity (Wildman–Crippen MR) is 56.6 cm³/mol. The number of aliphatic hydroxyl groups excluding tert-OH is 1. The third-order valence-electron chi connectivity index (χ3n) is 1.66. The molecule has 1 aromatic rings. The smallest absolute Gasteiger partial charge is 0.164 e. The van der Waals surface area contributed by atoms with Gasteiger partial charge >= 0.3 is 0 Å². The highest BCUT2D eigenvalue weighted by Crippen LogP contribution is 2.21. The molecule has 0 aliphatic heterocycles. The normalized spacial score (nSPS) is 12.6. The summed E-state index contributed by atoms with van der Waals surface area (Å²) in [4.78, 5) is 0. The Balaban J connectivity index is 2.63. The molecule has 0 aliphatic carbocycles. The zero-order valence-corrected chi connectivity index (χ0v) is 8.82. The molecule has 0 radical (unpaired) electrons. The molecule has 1 unspecified atom stereocenters. The van der Waals surface area contributed by atoms with Gasteiger partial charge in [-0.1, -0.05) is 17.7 Å². The fraction of sp³-hybridized carbons (Fsp3) is 0.333. The number of hydrogen-bond acceptors (Lipinski definition) is 2. The van der Waals surface area contributed by atoms with E-state index in [2.05, 4.69) is 5.32 Å². The van der Waals surface area contributed by atoms with Gasteiger partial charge in [-0.05, 0) is 12.1 Å². The highest BCUT2D eigenvalue weighted by molar-refractivity contribution is 6.31. The van der Waals surface area contributed by atoms with E-state index in [1.807, 2.05) is 0 Å². The molecule has 5 heteroatoms. The second kappa shape index (κ2) is 5.39. The molecule has 2 nitrogen and oxygen atoms in total. The van der Waals surface area contributed by atoms with Gasteiger partial charge in [-0.15, -0.1) is 11.6 Å². The number of aliphatic hydroxyl groups is 1. The Morgan fingerprint density at radius 2 is 2.21 bits per heavy atom. The van der Waals surface area contributed by atoms with Crippen LogP contribution in [0.1, 0.15) is 0 Å². The first kappa shape index (κ1) is 11.6. The van der Waals surface area contributed by atoms with Crippen molar-refractivity contribution in [1.29, 1.82) is 0 Å². The third-order valence-corrected chi connectivity index (χ3v) is 2.31. The summed E-state index contributed by atoms with van der Waals surface area (Å²) in [5.74, 6) is -0.411. The maximum absolute atomic E-state index is 13.2. The summed E-state index contributed by atoms with van der Waals surface area (Å²) in [6.45, 7) is 0.195. The quantitative estimate of drug-likeness (QED) is 0.790. The van der Waals surface area contributed by atoms with Gasteiger partial charge in [0.15, 0.2) is 5.82 Å². The molecule has 1 atom stereocenters. The van der Waals surface area contributed by atoms with Gasteiger partial charge in [0.05, 0.1) is 22.7 Å². The number of benzene rings is 1. The molecule has 1 aromatic carbocycles. The number of halogens is 3. The fourth-order valence-electron chi connectivity index (χ4n) is 0.923. The fourth-order valence-corrected chi connectivity index (χ4v) is 1.21. The van der Waals surface area contributed by atoms with Crippen molar-refractivity contribution >= 4 is 28.9 Å². The van der Waals surface area contributed by atoms with Crippen LogP contribution in [0.25, 0.3) is 0 Å². The third kappa shape index (κ3) is 3.01. The number of nitrogens with one attached hydrogen (secondary N) is 1. The van der Waals surface area contributed by atoms with Gasteiger partial charge < -0.3 is 10.4 Å². The molecule has 0 fully saturated rings. The van der Waals surface area contributed by atoms with Gasteiger partial charge in [0.1, 0.15) is 0 Å².